The summed E-state index contributed by atoms with van der Waals surface area (Å²) in [4.78, 5) is 0. The van der Waals surface area contributed by atoms with Crippen molar-refractivity contribution in [2.45, 2.75) is 52.0 Å². The van der Waals surface area contributed by atoms with Gasteiger partial charge in [-0.2, -0.15) is 0 Å². The highest BCUT2D eigenvalue weighted by Crippen LogP contribution is 2.37. The van der Waals surface area contributed by atoms with Crippen LogP contribution in [0.3, 0.4) is 0 Å². The van der Waals surface area contributed by atoms with Crippen LogP contribution in [-0.2, 0) is 12.8 Å². The van der Waals surface area contributed by atoms with Gasteiger partial charge in [0.2, 0.25) is 0 Å². The van der Waals surface area contributed by atoms with Crippen LogP contribution in [0.15, 0.2) is 18.2 Å². The second kappa shape index (κ2) is 6.17. The maximum Gasteiger partial charge on any atom is 0.122 e. The van der Waals surface area contributed by atoms with Crippen molar-refractivity contribution in [2.75, 3.05) is 13.2 Å². The highest BCUT2D eigenvalue weighted by atomic mass is 16.5. The number of rotatable bonds is 6. The Morgan fingerprint density at radius 3 is 2.85 bits per heavy atom. The number of hydrogen-bond acceptors (Lipinski definition) is 2. The zero-order valence-electron chi connectivity index (χ0n) is 12.8. The lowest BCUT2D eigenvalue weighted by Gasteiger charge is -2.37. The standard InChI is InChI=1S/C18H27NO/c1-13(2)19-12-17-7-6-15(17)5-3-14-4-8-18-16(11-14)9-10-20-18/h4,8,11,13,15,17,19H,3,5-7,9-10,12H2,1-2H3. The predicted molar refractivity (Wildman–Crippen MR) is 83.3 cm³/mol. The lowest BCUT2D eigenvalue weighted by molar-refractivity contribution is 0.158. The SMILES string of the molecule is CC(C)NCC1CCC1CCc1ccc2c(c1)CCO2. The summed E-state index contributed by atoms with van der Waals surface area (Å²) in [6.45, 7) is 6.55. The van der Waals surface area contributed by atoms with Crippen molar-refractivity contribution >= 4 is 0 Å². The molecule has 1 N–H and O–H groups in total. The molecule has 0 spiro atoms. The van der Waals surface area contributed by atoms with Crippen molar-refractivity contribution < 1.29 is 4.74 Å². The van der Waals surface area contributed by atoms with Crippen molar-refractivity contribution in [1.29, 1.82) is 0 Å². The smallest absolute Gasteiger partial charge is 0.122 e. The van der Waals surface area contributed by atoms with E-state index in [9.17, 15) is 0 Å². The Bertz CT molecular complexity index is 455. The number of fused-ring (bicyclic) bond motifs is 1. The van der Waals surface area contributed by atoms with Gasteiger partial charge in [-0.05, 0) is 61.3 Å². The van der Waals surface area contributed by atoms with E-state index in [1.165, 1.54) is 43.4 Å². The normalized spacial score (nSPS) is 24.4. The third kappa shape index (κ3) is 3.17. The van der Waals surface area contributed by atoms with E-state index in [1.807, 2.05) is 0 Å². The number of nitrogens with one attached hydrogen (secondary N) is 1. The van der Waals surface area contributed by atoms with Gasteiger partial charge in [0, 0.05) is 12.5 Å². The molecule has 0 amide bonds. The molecule has 2 heteroatoms. The Kier molecular flexibility index (Phi) is 4.30. The molecule has 1 saturated carbocycles. The molecule has 0 radical (unpaired) electrons. The van der Waals surface area contributed by atoms with E-state index in [2.05, 4.69) is 37.4 Å². The van der Waals surface area contributed by atoms with Gasteiger partial charge in [-0.1, -0.05) is 26.0 Å². The van der Waals surface area contributed by atoms with Gasteiger partial charge in [0.25, 0.3) is 0 Å². The Hall–Kier alpha value is -1.02. The summed E-state index contributed by atoms with van der Waals surface area (Å²) >= 11 is 0. The van der Waals surface area contributed by atoms with Crippen molar-refractivity contribution in [2.24, 2.45) is 11.8 Å². The van der Waals surface area contributed by atoms with Crippen LogP contribution >= 0.6 is 0 Å². The van der Waals surface area contributed by atoms with Crippen LogP contribution < -0.4 is 10.1 Å². The van der Waals surface area contributed by atoms with Crippen LogP contribution in [0.4, 0.5) is 0 Å². The summed E-state index contributed by atoms with van der Waals surface area (Å²) in [6.07, 6.45) is 6.52. The van der Waals surface area contributed by atoms with Gasteiger partial charge in [0.15, 0.2) is 0 Å². The molecule has 0 saturated heterocycles. The van der Waals surface area contributed by atoms with Crippen molar-refractivity contribution in [1.82, 2.24) is 5.32 Å². The van der Waals surface area contributed by atoms with E-state index in [4.69, 9.17) is 4.74 Å². The highest BCUT2D eigenvalue weighted by Gasteiger charge is 2.30. The Morgan fingerprint density at radius 2 is 2.10 bits per heavy atom. The monoisotopic (exact) mass is 273 g/mol. The first-order valence-corrected chi connectivity index (χ1v) is 8.20. The molecule has 1 aromatic rings. The zero-order chi connectivity index (χ0) is 13.9. The third-order valence-corrected chi connectivity index (χ3v) is 4.92. The molecule has 1 aromatic carbocycles. The fourth-order valence-electron chi connectivity index (χ4n) is 3.42. The largest absolute Gasteiger partial charge is 0.493 e. The molecule has 0 aromatic heterocycles. The second-order valence-electron chi connectivity index (χ2n) is 6.74. The third-order valence-electron chi connectivity index (χ3n) is 4.92. The Morgan fingerprint density at radius 1 is 1.25 bits per heavy atom. The maximum atomic E-state index is 5.57. The lowest BCUT2D eigenvalue weighted by Crippen LogP contribution is -2.38. The minimum Gasteiger partial charge on any atom is -0.493 e. The quantitative estimate of drug-likeness (QED) is 0.855. The molecule has 20 heavy (non-hydrogen) atoms. The van der Waals surface area contributed by atoms with Gasteiger partial charge in [0.05, 0.1) is 6.61 Å². The summed E-state index contributed by atoms with van der Waals surface area (Å²) in [6, 6.07) is 7.40. The minimum atomic E-state index is 0.618. The van der Waals surface area contributed by atoms with Gasteiger partial charge >= 0.3 is 0 Å². The Labute approximate surface area is 122 Å². The van der Waals surface area contributed by atoms with E-state index in [1.54, 1.807) is 0 Å². The van der Waals surface area contributed by atoms with E-state index >= 15 is 0 Å². The molecule has 2 nitrogen and oxygen atoms in total. The van der Waals surface area contributed by atoms with Crippen LogP contribution in [0.2, 0.25) is 0 Å². The summed E-state index contributed by atoms with van der Waals surface area (Å²) < 4.78 is 5.57. The molecule has 1 aliphatic carbocycles. The molecule has 1 fully saturated rings. The van der Waals surface area contributed by atoms with E-state index in [0.29, 0.717) is 6.04 Å². The molecule has 0 bridgehead atoms. The first-order valence-electron chi connectivity index (χ1n) is 8.20. The van der Waals surface area contributed by atoms with E-state index in [0.717, 1.165) is 30.6 Å². The fourth-order valence-corrected chi connectivity index (χ4v) is 3.42. The summed E-state index contributed by atoms with van der Waals surface area (Å²) in [5, 5.41) is 3.59. The lowest BCUT2D eigenvalue weighted by atomic mass is 9.71. The van der Waals surface area contributed by atoms with E-state index in [-0.39, 0.29) is 0 Å². The number of aryl methyl sites for hydroxylation is 1. The first kappa shape index (κ1) is 13.9. The molecule has 3 rings (SSSR count). The van der Waals surface area contributed by atoms with Crippen molar-refractivity contribution in [3.05, 3.63) is 29.3 Å². The summed E-state index contributed by atoms with van der Waals surface area (Å²) in [5.74, 6) is 2.96. The molecule has 2 atom stereocenters. The highest BCUT2D eigenvalue weighted by molar-refractivity contribution is 5.39. The van der Waals surface area contributed by atoms with Gasteiger partial charge in [-0.25, -0.2) is 0 Å². The second-order valence-corrected chi connectivity index (χ2v) is 6.74. The van der Waals surface area contributed by atoms with Crippen LogP contribution in [0, 0.1) is 11.8 Å². The van der Waals surface area contributed by atoms with E-state index < -0.39 is 0 Å². The number of benzene rings is 1. The van der Waals surface area contributed by atoms with Crippen LogP contribution in [0.5, 0.6) is 5.75 Å². The van der Waals surface area contributed by atoms with Gasteiger partial charge in [0.1, 0.15) is 5.75 Å². The Balaban J connectivity index is 1.47. The molecule has 2 unspecified atom stereocenters. The average molecular weight is 273 g/mol. The maximum absolute atomic E-state index is 5.57. The van der Waals surface area contributed by atoms with Crippen LogP contribution in [0.1, 0.15) is 44.2 Å². The van der Waals surface area contributed by atoms with Crippen LogP contribution in [-0.4, -0.2) is 19.2 Å². The van der Waals surface area contributed by atoms with Gasteiger partial charge in [-0.3, -0.25) is 0 Å². The molecule has 2 aliphatic rings. The fraction of sp³-hybridized carbons (Fsp3) is 0.667. The average Bonchev–Trinajstić information content (AvgIpc) is 2.84. The topological polar surface area (TPSA) is 21.3 Å². The van der Waals surface area contributed by atoms with Crippen molar-refractivity contribution in [3.63, 3.8) is 0 Å². The molecule has 110 valence electrons. The zero-order valence-corrected chi connectivity index (χ0v) is 12.8. The number of ether oxygens (including phenoxy) is 1. The number of hydrogen-bond donors (Lipinski definition) is 1. The summed E-state index contributed by atoms with van der Waals surface area (Å²) in [7, 11) is 0. The molecular weight excluding hydrogens is 246 g/mol. The molecular formula is C18H27NO. The summed E-state index contributed by atoms with van der Waals surface area (Å²) in [5.41, 5.74) is 2.91. The molecule has 1 aliphatic heterocycles. The minimum absolute atomic E-state index is 0.618. The van der Waals surface area contributed by atoms with Gasteiger partial charge in [-0.15, -0.1) is 0 Å². The molecule has 1 heterocycles. The van der Waals surface area contributed by atoms with Crippen LogP contribution in [0.25, 0.3) is 0 Å². The predicted octanol–water partition coefficient (Wildman–Crippen LogP) is 3.58. The van der Waals surface area contributed by atoms with Crippen molar-refractivity contribution in [3.8, 4) is 5.75 Å². The van der Waals surface area contributed by atoms with Gasteiger partial charge < -0.3 is 10.1 Å². The first-order chi connectivity index (χ1) is 9.72.